The molecule has 0 radical (unpaired) electrons. The highest BCUT2D eigenvalue weighted by Gasteiger charge is 2.17. The second-order valence-electron chi connectivity index (χ2n) is 6.52. The van der Waals surface area contributed by atoms with E-state index >= 15 is 0 Å². The molecule has 2 aromatic heterocycles. The fourth-order valence-electron chi connectivity index (χ4n) is 3.43. The van der Waals surface area contributed by atoms with Crippen LogP contribution in [0.2, 0.25) is 5.02 Å². The average molecular weight is 382 g/mol. The molecule has 5 rings (SSSR count). The molecule has 0 atom stereocenters. The number of halogens is 1. The summed E-state index contributed by atoms with van der Waals surface area (Å²) in [6.45, 7) is 0. The Bertz CT molecular complexity index is 1260. The van der Waals surface area contributed by atoms with E-state index in [0.717, 1.165) is 28.3 Å². The van der Waals surface area contributed by atoms with Crippen LogP contribution >= 0.6 is 11.6 Å². The van der Waals surface area contributed by atoms with Gasteiger partial charge in [0.25, 0.3) is 0 Å². The van der Waals surface area contributed by atoms with E-state index in [1.807, 2.05) is 48.5 Å². The first-order valence-corrected chi connectivity index (χ1v) is 9.43. The summed E-state index contributed by atoms with van der Waals surface area (Å²) >= 11 is 6.43. The van der Waals surface area contributed by atoms with Crippen molar-refractivity contribution in [3.05, 3.63) is 102 Å². The van der Waals surface area contributed by atoms with Gasteiger partial charge in [0.1, 0.15) is 11.3 Å². The van der Waals surface area contributed by atoms with Crippen LogP contribution in [-0.4, -0.2) is 14.5 Å². The lowest BCUT2D eigenvalue weighted by atomic mass is 10.0. The molecule has 0 unspecified atom stereocenters. The Morgan fingerprint density at radius 2 is 1.36 bits per heavy atom. The molecule has 0 aliphatic rings. The Labute approximate surface area is 167 Å². The second kappa shape index (κ2) is 6.95. The van der Waals surface area contributed by atoms with Crippen LogP contribution in [0.25, 0.3) is 39.4 Å². The van der Waals surface area contributed by atoms with E-state index in [2.05, 4.69) is 45.9 Å². The summed E-state index contributed by atoms with van der Waals surface area (Å²) in [6.07, 6.45) is 1.72. The zero-order chi connectivity index (χ0) is 18.9. The van der Waals surface area contributed by atoms with Gasteiger partial charge in [-0.3, -0.25) is 4.57 Å². The molecule has 0 N–H and O–H groups in total. The van der Waals surface area contributed by atoms with Crippen LogP contribution in [0.15, 0.2) is 97.2 Å². The highest BCUT2D eigenvalue weighted by molar-refractivity contribution is 6.34. The molecule has 0 fully saturated rings. The molecule has 0 bridgehead atoms. The Kier molecular flexibility index (Phi) is 4.15. The summed E-state index contributed by atoms with van der Waals surface area (Å²) in [5.41, 5.74) is 5.78. The topological polar surface area (TPSA) is 30.7 Å². The number of pyridine rings is 1. The Morgan fingerprint density at radius 1 is 0.679 bits per heavy atom. The fraction of sp³-hybridized carbons (Fsp3) is 0. The fourth-order valence-corrected chi connectivity index (χ4v) is 3.61. The Balaban J connectivity index is 1.77. The number of hydrogen-bond acceptors (Lipinski definition) is 2. The van der Waals surface area contributed by atoms with Crippen LogP contribution in [-0.2, 0) is 0 Å². The molecular formula is C24H16ClN3. The normalized spacial score (nSPS) is 11.0. The monoisotopic (exact) mass is 381 g/mol. The zero-order valence-electron chi connectivity index (χ0n) is 15.0. The van der Waals surface area contributed by atoms with Crippen molar-refractivity contribution in [3.63, 3.8) is 0 Å². The van der Waals surface area contributed by atoms with E-state index in [0.29, 0.717) is 10.5 Å². The lowest BCUT2D eigenvalue weighted by molar-refractivity contribution is 1.08. The average Bonchev–Trinajstić information content (AvgIpc) is 3.16. The van der Waals surface area contributed by atoms with Gasteiger partial charge in [0.15, 0.2) is 5.65 Å². The lowest BCUT2D eigenvalue weighted by Gasteiger charge is -2.10. The first-order valence-electron chi connectivity index (χ1n) is 9.05. The number of para-hydroxylation sites is 1. The largest absolute Gasteiger partial charge is 0.277 e. The highest BCUT2D eigenvalue weighted by atomic mass is 35.5. The molecule has 28 heavy (non-hydrogen) atoms. The molecule has 0 aliphatic carbocycles. The van der Waals surface area contributed by atoms with E-state index < -0.39 is 0 Å². The van der Waals surface area contributed by atoms with Crippen molar-refractivity contribution in [2.75, 3.05) is 0 Å². The number of hydrogen-bond donors (Lipinski definition) is 0. The minimum atomic E-state index is 0.597. The van der Waals surface area contributed by atoms with Crippen LogP contribution < -0.4 is 0 Å². The van der Waals surface area contributed by atoms with Crippen LogP contribution in [0, 0.1) is 0 Å². The molecule has 2 heterocycles. The summed E-state index contributed by atoms with van der Waals surface area (Å²) in [4.78, 5) is 9.42. The summed E-state index contributed by atoms with van der Waals surface area (Å²) in [5.74, 6) is 0.819. The van der Waals surface area contributed by atoms with Crippen molar-refractivity contribution in [1.29, 1.82) is 0 Å². The van der Waals surface area contributed by atoms with Crippen molar-refractivity contribution in [3.8, 4) is 28.2 Å². The first kappa shape index (κ1) is 16.7. The number of rotatable bonds is 3. The SMILES string of the molecule is Clc1ccnc2c1nc(-c1cccc(-c3ccccc3)c1)n2-c1ccccc1. The van der Waals surface area contributed by atoms with Crippen molar-refractivity contribution < 1.29 is 0 Å². The first-order chi connectivity index (χ1) is 13.8. The van der Waals surface area contributed by atoms with E-state index in [9.17, 15) is 0 Å². The maximum Gasteiger partial charge on any atom is 0.166 e. The molecule has 0 amide bonds. The summed E-state index contributed by atoms with van der Waals surface area (Å²) in [5, 5.41) is 0.597. The van der Waals surface area contributed by atoms with Gasteiger partial charge < -0.3 is 0 Å². The van der Waals surface area contributed by atoms with Gasteiger partial charge in [-0.15, -0.1) is 0 Å². The molecule has 0 spiro atoms. The van der Waals surface area contributed by atoms with E-state index in [1.165, 1.54) is 5.56 Å². The van der Waals surface area contributed by atoms with Crippen LogP contribution in [0.4, 0.5) is 0 Å². The number of nitrogens with zero attached hydrogens (tertiary/aromatic N) is 3. The molecule has 0 saturated carbocycles. The Morgan fingerprint density at radius 3 is 2.14 bits per heavy atom. The Hall–Kier alpha value is -3.43. The van der Waals surface area contributed by atoms with E-state index in [-0.39, 0.29) is 0 Å². The maximum absolute atomic E-state index is 6.43. The zero-order valence-corrected chi connectivity index (χ0v) is 15.7. The third kappa shape index (κ3) is 2.86. The predicted molar refractivity (Wildman–Crippen MR) is 115 cm³/mol. The quantitative estimate of drug-likeness (QED) is 0.361. The van der Waals surface area contributed by atoms with Crippen LogP contribution in [0.5, 0.6) is 0 Å². The maximum atomic E-state index is 6.43. The standard InChI is InChI=1S/C24H16ClN3/c25-21-14-15-26-24-22(21)27-23(28(24)20-12-5-2-6-13-20)19-11-7-10-18(16-19)17-8-3-1-4-9-17/h1-16H. The smallest absolute Gasteiger partial charge is 0.166 e. The van der Waals surface area contributed by atoms with Crippen molar-refractivity contribution >= 4 is 22.8 Å². The molecule has 3 aromatic carbocycles. The minimum absolute atomic E-state index is 0.597. The second-order valence-corrected chi connectivity index (χ2v) is 6.93. The van der Waals surface area contributed by atoms with Gasteiger partial charge in [-0.1, -0.05) is 78.3 Å². The van der Waals surface area contributed by atoms with Gasteiger partial charge in [-0.25, -0.2) is 9.97 Å². The molecular weight excluding hydrogens is 366 g/mol. The number of imidazole rings is 1. The third-order valence-corrected chi connectivity index (χ3v) is 5.04. The molecule has 5 aromatic rings. The van der Waals surface area contributed by atoms with Crippen molar-refractivity contribution in [2.24, 2.45) is 0 Å². The third-order valence-electron chi connectivity index (χ3n) is 4.74. The van der Waals surface area contributed by atoms with Gasteiger partial charge in [0.2, 0.25) is 0 Å². The highest BCUT2D eigenvalue weighted by Crippen LogP contribution is 2.32. The van der Waals surface area contributed by atoms with Gasteiger partial charge in [-0.05, 0) is 35.4 Å². The summed E-state index contributed by atoms with van der Waals surface area (Å²) in [6, 6.07) is 30.6. The van der Waals surface area contributed by atoms with Crippen LogP contribution in [0.1, 0.15) is 0 Å². The molecule has 4 heteroatoms. The lowest BCUT2D eigenvalue weighted by Crippen LogP contribution is -1.98. The van der Waals surface area contributed by atoms with Crippen molar-refractivity contribution in [2.45, 2.75) is 0 Å². The van der Waals surface area contributed by atoms with Gasteiger partial charge in [-0.2, -0.15) is 0 Å². The summed E-state index contributed by atoms with van der Waals surface area (Å²) < 4.78 is 2.06. The molecule has 3 nitrogen and oxygen atoms in total. The molecule has 134 valence electrons. The number of fused-ring (bicyclic) bond motifs is 1. The van der Waals surface area contributed by atoms with E-state index in [1.54, 1.807) is 12.3 Å². The van der Waals surface area contributed by atoms with Crippen molar-refractivity contribution in [1.82, 2.24) is 14.5 Å². The van der Waals surface area contributed by atoms with Crippen LogP contribution in [0.3, 0.4) is 0 Å². The van der Waals surface area contributed by atoms with Gasteiger partial charge in [0.05, 0.1) is 5.02 Å². The minimum Gasteiger partial charge on any atom is -0.277 e. The number of benzene rings is 3. The summed E-state index contributed by atoms with van der Waals surface area (Å²) in [7, 11) is 0. The van der Waals surface area contributed by atoms with E-state index in [4.69, 9.17) is 16.6 Å². The molecule has 0 saturated heterocycles. The van der Waals surface area contributed by atoms with Gasteiger partial charge in [0, 0.05) is 17.4 Å². The molecule has 0 aliphatic heterocycles. The van der Waals surface area contributed by atoms with Gasteiger partial charge >= 0.3 is 0 Å². The predicted octanol–water partition coefficient (Wildman–Crippen LogP) is 6.41. The number of aromatic nitrogens is 3.